The summed E-state index contributed by atoms with van der Waals surface area (Å²) in [4.78, 5) is 0. The molecule has 5 aliphatic rings. The van der Waals surface area contributed by atoms with Crippen molar-refractivity contribution in [1.82, 2.24) is 0 Å². The van der Waals surface area contributed by atoms with Gasteiger partial charge in [-0.1, -0.05) is 27.2 Å². The van der Waals surface area contributed by atoms with E-state index in [-0.39, 0.29) is 17.4 Å². The largest absolute Gasteiger partial charge is 0.392 e. The SMILES string of the molecule is CS(=O)CC1C2CCC3(CCC4C(C)(C)CCC[C@@]4(C)C3C2)C1O. The summed E-state index contributed by atoms with van der Waals surface area (Å²) in [5, 5.41) is 11.4. The fourth-order valence-electron chi connectivity index (χ4n) is 8.30. The summed E-state index contributed by atoms with van der Waals surface area (Å²) < 4.78 is 11.9. The number of aliphatic hydroxyl groups excluding tert-OH is 1. The number of fused-ring (bicyclic) bond motifs is 3. The summed E-state index contributed by atoms with van der Waals surface area (Å²) in [5.41, 5.74) is 1.01. The molecule has 3 heteroatoms. The second-order valence-electron chi connectivity index (χ2n) is 10.6. The van der Waals surface area contributed by atoms with Gasteiger partial charge in [-0.05, 0) is 84.9 Å². The van der Waals surface area contributed by atoms with Gasteiger partial charge < -0.3 is 5.11 Å². The molecule has 0 radical (unpaired) electrons. The number of hydrogen-bond donors (Lipinski definition) is 1. The zero-order chi connectivity index (χ0) is 17.3. The van der Waals surface area contributed by atoms with E-state index in [1.807, 2.05) is 6.26 Å². The maximum absolute atomic E-state index is 11.9. The van der Waals surface area contributed by atoms with E-state index >= 15 is 0 Å². The average molecular weight is 353 g/mol. The summed E-state index contributed by atoms with van der Waals surface area (Å²) in [6.07, 6.45) is 12.0. The minimum Gasteiger partial charge on any atom is -0.392 e. The fourth-order valence-corrected chi connectivity index (χ4v) is 9.30. The summed E-state index contributed by atoms with van der Waals surface area (Å²) in [5.74, 6) is 3.12. The van der Waals surface area contributed by atoms with Crippen molar-refractivity contribution < 1.29 is 9.32 Å². The van der Waals surface area contributed by atoms with Gasteiger partial charge in [0.05, 0.1) is 6.10 Å². The minimum atomic E-state index is -0.792. The highest BCUT2D eigenvalue weighted by molar-refractivity contribution is 7.84. The van der Waals surface area contributed by atoms with Crippen molar-refractivity contribution in [2.75, 3.05) is 12.0 Å². The minimum absolute atomic E-state index is 0.136. The molecule has 138 valence electrons. The number of aliphatic hydroxyl groups is 1. The van der Waals surface area contributed by atoms with Gasteiger partial charge in [-0.3, -0.25) is 4.21 Å². The Morgan fingerprint density at radius 3 is 2.46 bits per heavy atom. The van der Waals surface area contributed by atoms with E-state index in [1.165, 1.54) is 51.4 Å². The molecule has 0 amide bonds. The van der Waals surface area contributed by atoms with Gasteiger partial charge in [-0.25, -0.2) is 0 Å². The first kappa shape index (κ1) is 17.5. The Kier molecular flexibility index (Phi) is 4.05. The molecule has 8 atom stereocenters. The first-order chi connectivity index (χ1) is 11.2. The van der Waals surface area contributed by atoms with Gasteiger partial charge >= 0.3 is 0 Å². The molecule has 5 saturated carbocycles. The lowest BCUT2D eigenvalue weighted by Gasteiger charge is -2.70. The monoisotopic (exact) mass is 352 g/mol. The van der Waals surface area contributed by atoms with E-state index in [2.05, 4.69) is 20.8 Å². The predicted octanol–water partition coefficient (Wildman–Crippen LogP) is 4.38. The van der Waals surface area contributed by atoms with Crippen LogP contribution in [0.15, 0.2) is 0 Å². The van der Waals surface area contributed by atoms with Crippen molar-refractivity contribution in [3.8, 4) is 0 Å². The molecule has 5 aliphatic carbocycles. The molecule has 5 rings (SSSR count). The standard InChI is InChI=1S/C21H36O2S/c1-19(2)8-5-9-20(3)16(19)7-11-21-10-6-14(12-17(20)21)15(18(21)22)13-24(4)23/h14-18,22H,5-13H2,1-4H3/t14?,15?,16?,17?,18?,20-,21?,24?/m1/s1. The number of rotatable bonds is 2. The van der Waals surface area contributed by atoms with Crippen LogP contribution in [0, 0.1) is 39.9 Å². The Balaban J connectivity index is 1.70. The highest BCUT2D eigenvalue weighted by atomic mass is 32.2. The normalized spacial score (nSPS) is 54.0. The van der Waals surface area contributed by atoms with Crippen LogP contribution in [0.5, 0.6) is 0 Å². The first-order valence-electron chi connectivity index (χ1n) is 10.2. The van der Waals surface area contributed by atoms with E-state index in [0.717, 1.165) is 5.92 Å². The quantitative estimate of drug-likeness (QED) is 0.800. The third kappa shape index (κ3) is 2.25. The van der Waals surface area contributed by atoms with E-state index in [1.54, 1.807) is 0 Å². The molecule has 0 heterocycles. The molecule has 0 aromatic rings. The Labute approximate surface area is 150 Å². The van der Waals surface area contributed by atoms with Gasteiger partial charge in [-0.15, -0.1) is 0 Å². The summed E-state index contributed by atoms with van der Waals surface area (Å²) >= 11 is 0. The van der Waals surface area contributed by atoms with Crippen molar-refractivity contribution in [2.24, 2.45) is 39.9 Å². The van der Waals surface area contributed by atoms with Crippen LogP contribution in [0.2, 0.25) is 0 Å². The van der Waals surface area contributed by atoms with Gasteiger partial charge in [0.25, 0.3) is 0 Å². The van der Waals surface area contributed by atoms with Gasteiger partial charge in [0, 0.05) is 22.8 Å². The van der Waals surface area contributed by atoms with E-state index in [0.29, 0.717) is 28.4 Å². The molecule has 24 heavy (non-hydrogen) atoms. The Hall–Kier alpha value is 0.110. The van der Waals surface area contributed by atoms with Crippen LogP contribution >= 0.6 is 0 Å². The van der Waals surface area contributed by atoms with Crippen molar-refractivity contribution in [1.29, 1.82) is 0 Å². The lowest BCUT2D eigenvalue weighted by molar-refractivity contribution is -0.238. The molecule has 1 N–H and O–H groups in total. The zero-order valence-electron chi connectivity index (χ0n) is 16.0. The topological polar surface area (TPSA) is 37.3 Å². The number of hydrogen-bond acceptors (Lipinski definition) is 2. The molecule has 0 aliphatic heterocycles. The Morgan fingerprint density at radius 1 is 1.04 bits per heavy atom. The van der Waals surface area contributed by atoms with Crippen molar-refractivity contribution >= 4 is 10.8 Å². The predicted molar refractivity (Wildman–Crippen MR) is 100 cm³/mol. The molecule has 7 unspecified atom stereocenters. The van der Waals surface area contributed by atoms with Crippen molar-refractivity contribution in [3.05, 3.63) is 0 Å². The van der Waals surface area contributed by atoms with Crippen LogP contribution < -0.4 is 0 Å². The van der Waals surface area contributed by atoms with Gasteiger partial charge in [0.15, 0.2) is 0 Å². The maximum Gasteiger partial charge on any atom is 0.0638 e. The molecule has 1 spiro atoms. The zero-order valence-corrected chi connectivity index (χ0v) is 16.8. The Bertz CT molecular complexity index is 544. The third-order valence-corrected chi connectivity index (χ3v) is 10.1. The second kappa shape index (κ2) is 5.55. The van der Waals surface area contributed by atoms with Crippen LogP contribution in [0.3, 0.4) is 0 Å². The smallest absolute Gasteiger partial charge is 0.0638 e. The fraction of sp³-hybridized carbons (Fsp3) is 1.00. The van der Waals surface area contributed by atoms with Gasteiger partial charge in [0.1, 0.15) is 0 Å². The molecule has 0 saturated heterocycles. The van der Waals surface area contributed by atoms with E-state index in [4.69, 9.17) is 0 Å². The molecular formula is C21H36O2S. The highest BCUT2D eigenvalue weighted by Gasteiger charge is 2.66. The average Bonchev–Trinajstić information content (AvgIpc) is 2.49. The van der Waals surface area contributed by atoms with Crippen LogP contribution in [-0.4, -0.2) is 27.4 Å². The summed E-state index contributed by atoms with van der Waals surface area (Å²) in [7, 11) is -0.792. The molecule has 0 aromatic heterocycles. The van der Waals surface area contributed by atoms with Crippen molar-refractivity contribution in [3.63, 3.8) is 0 Å². The van der Waals surface area contributed by atoms with Gasteiger partial charge in [-0.2, -0.15) is 0 Å². The third-order valence-electron chi connectivity index (χ3n) is 9.21. The van der Waals surface area contributed by atoms with Crippen molar-refractivity contribution in [2.45, 2.75) is 78.2 Å². The molecular weight excluding hydrogens is 316 g/mol. The molecule has 5 fully saturated rings. The molecule has 2 nitrogen and oxygen atoms in total. The lowest BCUT2D eigenvalue weighted by atomic mass is 9.36. The highest BCUT2D eigenvalue weighted by Crippen LogP contribution is 2.72. The van der Waals surface area contributed by atoms with Gasteiger partial charge in [0.2, 0.25) is 0 Å². The van der Waals surface area contributed by atoms with E-state index in [9.17, 15) is 9.32 Å². The molecule has 0 aromatic carbocycles. The lowest BCUT2D eigenvalue weighted by Crippen LogP contribution is -2.66. The second-order valence-corrected chi connectivity index (χ2v) is 12.1. The maximum atomic E-state index is 11.9. The Morgan fingerprint density at radius 2 is 1.75 bits per heavy atom. The van der Waals surface area contributed by atoms with E-state index < -0.39 is 10.8 Å². The van der Waals surface area contributed by atoms with Crippen LogP contribution in [0.1, 0.15) is 72.1 Å². The molecule has 2 bridgehead atoms. The van der Waals surface area contributed by atoms with Crippen LogP contribution in [-0.2, 0) is 10.8 Å². The van der Waals surface area contributed by atoms with Crippen LogP contribution in [0.25, 0.3) is 0 Å². The first-order valence-corrected chi connectivity index (χ1v) is 11.9. The van der Waals surface area contributed by atoms with Crippen LogP contribution in [0.4, 0.5) is 0 Å². The summed E-state index contributed by atoms with van der Waals surface area (Å²) in [6.45, 7) is 7.56. The summed E-state index contributed by atoms with van der Waals surface area (Å²) in [6, 6.07) is 0.